The average Bonchev–Trinajstić information content (AvgIpc) is 3.76. The van der Waals surface area contributed by atoms with Crippen molar-refractivity contribution in [1.82, 2.24) is 4.40 Å². The number of benzene rings is 9. The minimum Gasteiger partial charge on any atom is -0.311 e. The van der Waals surface area contributed by atoms with Crippen LogP contribution in [0.2, 0.25) is 39.3 Å². The van der Waals surface area contributed by atoms with Gasteiger partial charge in [-0.2, -0.15) is 0 Å². The van der Waals surface area contributed by atoms with Crippen molar-refractivity contribution < 1.29 is 0 Å². The molecule has 61 heavy (non-hydrogen) atoms. The van der Waals surface area contributed by atoms with Crippen LogP contribution in [0.25, 0.3) is 59.6 Å². The fraction of sp³-hybridized carbons (Fsp3) is 0.107. The van der Waals surface area contributed by atoms with Crippen LogP contribution in [0.15, 0.2) is 188 Å². The standard InChI is InChI=1S/C56H49N3Si2/c1-60(2,3)54-26-15-13-24-50(54)57(42-18-9-7-10-19-42)44-30-28-38-34-48-46-22-17-23-47-49-35-39-29-31-45(33-41(39)37-53(49)59(56(46)47)52(48)36-40(38)32-44)58(43-20-11-8-12-21-43)51-25-14-16-27-55(51)61(4,5)6/h7-37H,1-6H3. The normalized spacial score (nSPS) is 12.4. The van der Waals surface area contributed by atoms with E-state index in [0.29, 0.717) is 0 Å². The first kappa shape index (κ1) is 37.3. The fourth-order valence-corrected chi connectivity index (χ4v) is 12.9. The summed E-state index contributed by atoms with van der Waals surface area (Å²) in [6.07, 6.45) is 0. The largest absolute Gasteiger partial charge is 0.311 e. The molecule has 5 heteroatoms. The van der Waals surface area contributed by atoms with E-state index in [4.69, 9.17) is 0 Å². The van der Waals surface area contributed by atoms with E-state index < -0.39 is 16.1 Å². The van der Waals surface area contributed by atoms with Crippen LogP contribution in [-0.2, 0) is 0 Å². The van der Waals surface area contributed by atoms with Crippen LogP contribution >= 0.6 is 0 Å². The highest BCUT2D eigenvalue weighted by Gasteiger charge is 2.27. The Morgan fingerprint density at radius 1 is 0.328 bits per heavy atom. The van der Waals surface area contributed by atoms with Gasteiger partial charge >= 0.3 is 0 Å². The lowest BCUT2D eigenvalue weighted by Gasteiger charge is -2.31. The minimum atomic E-state index is -1.68. The van der Waals surface area contributed by atoms with E-state index in [1.165, 1.54) is 104 Å². The monoisotopic (exact) mass is 819 g/mol. The van der Waals surface area contributed by atoms with Gasteiger partial charge in [0.25, 0.3) is 0 Å². The van der Waals surface area contributed by atoms with Crippen LogP contribution in [0.4, 0.5) is 34.1 Å². The molecule has 0 amide bonds. The van der Waals surface area contributed by atoms with Gasteiger partial charge < -0.3 is 14.2 Å². The number of fused-ring (bicyclic) bond motifs is 8. The molecule has 0 aliphatic carbocycles. The van der Waals surface area contributed by atoms with Crippen molar-refractivity contribution >= 4 is 120 Å². The summed E-state index contributed by atoms with van der Waals surface area (Å²) >= 11 is 0. The van der Waals surface area contributed by atoms with Crippen LogP contribution in [0.3, 0.4) is 0 Å². The smallest absolute Gasteiger partial charge is 0.0803 e. The number of hydrogen-bond acceptors (Lipinski definition) is 2. The second kappa shape index (κ2) is 13.9. The molecular weight excluding hydrogens is 771 g/mol. The zero-order valence-corrected chi connectivity index (χ0v) is 37.7. The lowest BCUT2D eigenvalue weighted by atomic mass is 10.0. The minimum absolute atomic E-state index is 1.17. The third-order valence-electron chi connectivity index (χ3n) is 12.6. The first-order valence-electron chi connectivity index (χ1n) is 21.5. The topological polar surface area (TPSA) is 10.9 Å². The summed E-state index contributed by atoms with van der Waals surface area (Å²) in [7, 11) is -3.35. The molecule has 0 N–H and O–H groups in total. The molecule has 2 heterocycles. The molecule has 0 saturated carbocycles. The Kier molecular flexibility index (Phi) is 8.54. The Morgan fingerprint density at radius 3 is 1.16 bits per heavy atom. The summed E-state index contributed by atoms with van der Waals surface area (Å²) in [4.78, 5) is 4.92. The number of anilines is 6. The quantitative estimate of drug-likeness (QED) is 0.141. The van der Waals surface area contributed by atoms with E-state index in [-0.39, 0.29) is 0 Å². The zero-order chi connectivity index (χ0) is 41.6. The SMILES string of the molecule is C[Si](C)(C)c1ccccc1N(c1ccccc1)c1ccc2cc3c4cccc5c6cc7ccc(N(c8ccccc8)c8ccccc8[Si](C)(C)C)cc7cc6n(c3cc2c1)c45. The molecule has 0 aliphatic heterocycles. The Bertz CT molecular complexity index is 3220. The van der Waals surface area contributed by atoms with Crippen molar-refractivity contribution in [3.05, 3.63) is 188 Å². The van der Waals surface area contributed by atoms with E-state index >= 15 is 0 Å². The fourth-order valence-electron chi connectivity index (χ4n) is 9.83. The van der Waals surface area contributed by atoms with E-state index in [9.17, 15) is 0 Å². The first-order chi connectivity index (χ1) is 29.5. The maximum absolute atomic E-state index is 2.54. The summed E-state index contributed by atoms with van der Waals surface area (Å²) < 4.78 is 2.54. The number of aromatic nitrogens is 1. The van der Waals surface area contributed by atoms with E-state index in [0.717, 1.165) is 0 Å². The highest BCUT2D eigenvalue weighted by atomic mass is 28.3. The zero-order valence-electron chi connectivity index (χ0n) is 35.7. The molecule has 0 atom stereocenters. The molecule has 11 rings (SSSR count). The van der Waals surface area contributed by atoms with Gasteiger partial charge in [0.1, 0.15) is 0 Å². The van der Waals surface area contributed by atoms with Crippen LogP contribution in [0.1, 0.15) is 0 Å². The summed E-state index contributed by atoms with van der Waals surface area (Å²) in [5.41, 5.74) is 11.0. The lowest BCUT2D eigenvalue weighted by Crippen LogP contribution is -2.40. The van der Waals surface area contributed by atoms with Crippen molar-refractivity contribution in [1.29, 1.82) is 0 Å². The molecule has 0 radical (unpaired) electrons. The number of rotatable bonds is 8. The molecule has 0 saturated heterocycles. The predicted molar refractivity (Wildman–Crippen MR) is 271 cm³/mol. The summed E-state index contributed by atoms with van der Waals surface area (Å²) in [6.45, 7) is 14.6. The Labute approximate surface area is 360 Å². The molecule has 0 bridgehead atoms. The molecule has 11 aromatic rings. The maximum atomic E-state index is 2.54. The second-order valence-corrected chi connectivity index (χ2v) is 28.8. The van der Waals surface area contributed by atoms with Gasteiger partial charge in [-0.15, -0.1) is 0 Å². The van der Waals surface area contributed by atoms with Gasteiger partial charge in [-0.25, -0.2) is 0 Å². The highest BCUT2D eigenvalue weighted by molar-refractivity contribution is 6.90. The molecule has 3 nitrogen and oxygen atoms in total. The Balaban J connectivity index is 1.13. The van der Waals surface area contributed by atoms with Crippen LogP contribution in [0.5, 0.6) is 0 Å². The van der Waals surface area contributed by atoms with Gasteiger partial charge in [0.15, 0.2) is 0 Å². The molecule has 0 spiro atoms. The predicted octanol–water partition coefficient (Wildman–Crippen LogP) is 15.2. The second-order valence-electron chi connectivity index (χ2n) is 18.7. The van der Waals surface area contributed by atoms with Crippen molar-refractivity contribution in [3.8, 4) is 0 Å². The van der Waals surface area contributed by atoms with Crippen molar-refractivity contribution in [2.75, 3.05) is 9.80 Å². The van der Waals surface area contributed by atoms with E-state index in [2.05, 4.69) is 242 Å². The highest BCUT2D eigenvalue weighted by Crippen LogP contribution is 2.44. The van der Waals surface area contributed by atoms with Gasteiger partial charge in [0, 0.05) is 55.7 Å². The maximum Gasteiger partial charge on any atom is 0.0803 e. The molecule has 0 fully saturated rings. The number of para-hydroxylation sites is 5. The van der Waals surface area contributed by atoms with Gasteiger partial charge in [-0.1, -0.05) is 142 Å². The molecular formula is C56H49N3Si2. The van der Waals surface area contributed by atoms with Gasteiger partial charge in [0.2, 0.25) is 0 Å². The molecule has 0 unspecified atom stereocenters. The van der Waals surface area contributed by atoms with Gasteiger partial charge in [-0.3, -0.25) is 0 Å². The molecule has 9 aromatic carbocycles. The average molecular weight is 820 g/mol. The third kappa shape index (κ3) is 6.14. The number of hydrogen-bond donors (Lipinski definition) is 0. The van der Waals surface area contributed by atoms with Crippen LogP contribution in [0, 0.1) is 0 Å². The van der Waals surface area contributed by atoms with Crippen molar-refractivity contribution in [3.63, 3.8) is 0 Å². The van der Waals surface area contributed by atoms with E-state index in [1.807, 2.05) is 0 Å². The van der Waals surface area contributed by atoms with Crippen LogP contribution < -0.4 is 20.2 Å². The Morgan fingerprint density at radius 2 is 0.738 bits per heavy atom. The van der Waals surface area contributed by atoms with Gasteiger partial charge in [-0.05, 0) is 117 Å². The summed E-state index contributed by atoms with van der Waals surface area (Å²) in [5, 5.41) is 13.0. The van der Waals surface area contributed by atoms with Crippen molar-refractivity contribution in [2.45, 2.75) is 39.3 Å². The molecule has 296 valence electrons. The summed E-state index contributed by atoms with van der Waals surface area (Å²) in [6, 6.07) is 70.3. The van der Waals surface area contributed by atoms with E-state index in [1.54, 1.807) is 0 Å². The third-order valence-corrected chi connectivity index (χ3v) is 16.7. The number of nitrogens with zero attached hydrogens (tertiary/aromatic N) is 3. The van der Waals surface area contributed by atoms with Crippen LogP contribution in [-0.4, -0.2) is 20.5 Å². The molecule has 0 aliphatic rings. The Hall–Kier alpha value is -6.67. The van der Waals surface area contributed by atoms with Crippen molar-refractivity contribution in [2.24, 2.45) is 0 Å². The lowest BCUT2D eigenvalue weighted by molar-refractivity contribution is 1.29. The summed E-state index contributed by atoms with van der Waals surface area (Å²) in [5.74, 6) is 0. The first-order valence-corrected chi connectivity index (χ1v) is 28.5. The molecule has 2 aromatic heterocycles. The van der Waals surface area contributed by atoms with Gasteiger partial charge in [0.05, 0.1) is 32.7 Å².